The molecule has 0 aliphatic heterocycles. The first-order valence-corrected chi connectivity index (χ1v) is 17.5. The van der Waals surface area contributed by atoms with Gasteiger partial charge in [-0.25, -0.2) is 0 Å². The summed E-state index contributed by atoms with van der Waals surface area (Å²) in [6, 6.07) is 61.1. The van der Waals surface area contributed by atoms with E-state index in [9.17, 15) is 0 Å². The summed E-state index contributed by atoms with van der Waals surface area (Å²) in [6.07, 6.45) is 0. The van der Waals surface area contributed by atoms with E-state index >= 15 is 0 Å². The van der Waals surface area contributed by atoms with E-state index in [1.54, 1.807) is 0 Å². The molecule has 52 heavy (non-hydrogen) atoms. The predicted molar refractivity (Wildman–Crippen MR) is 214 cm³/mol. The van der Waals surface area contributed by atoms with Crippen LogP contribution < -0.4 is 4.90 Å². The molecule has 11 aromatic rings. The molecule has 0 aliphatic carbocycles. The summed E-state index contributed by atoms with van der Waals surface area (Å²) in [7, 11) is 0. The number of hydrogen-bond donors (Lipinski definition) is 0. The van der Waals surface area contributed by atoms with Gasteiger partial charge in [0.2, 0.25) is 0 Å². The first-order chi connectivity index (χ1) is 25.8. The molecule has 0 atom stereocenters. The molecule has 0 saturated carbocycles. The molecule has 4 nitrogen and oxygen atoms in total. The maximum atomic E-state index is 6.97. The Bertz CT molecular complexity index is 3130. The van der Waals surface area contributed by atoms with Crippen LogP contribution in [0.4, 0.5) is 17.1 Å². The zero-order chi connectivity index (χ0) is 34.2. The quantitative estimate of drug-likeness (QED) is 0.183. The van der Waals surface area contributed by atoms with Crippen molar-refractivity contribution in [2.75, 3.05) is 4.90 Å². The minimum Gasteiger partial charge on any atom is -0.456 e. The lowest BCUT2D eigenvalue weighted by Gasteiger charge is -2.26. The van der Waals surface area contributed by atoms with Gasteiger partial charge in [0, 0.05) is 43.7 Å². The Morgan fingerprint density at radius 1 is 0.308 bits per heavy atom. The second kappa shape index (κ2) is 11.2. The number of furan rings is 3. The minimum absolute atomic E-state index is 0.821. The fourth-order valence-corrected chi connectivity index (χ4v) is 7.94. The van der Waals surface area contributed by atoms with Crippen LogP contribution in [0.2, 0.25) is 0 Å². The van der Waals surface area contributed by atoms with E-state index in [-0.39, 0.29) is 0 Å². The van der Waals surface area contributed by atoms with Crippen molar-refractivity contribution in [3.63, 3.8) is 0 Å². The van der Waals surface area contributed by atoms with Crippen LogP contribution in [-0.4, -0.2) is 0 Å². The lowest BCUT2D eigenvalue weighted by Crippen LogP contribution is -2.10. The third kappa shape index (κ3) is 4.28. The predicted octanol–water partition coefficient (Wildman–Crippen LogP) is 14.2. The van der Waals surface area contributed by atoms with E-state index in [2.05, 4.69) is 144 Å². The first kappa shape index (κ1) is 28.8. The van der Waals surface area contributed by atoms with Gasteiger partial charge in [-0.3, -0.25) is 0 Å². The van der Waals surface area contributed by atoms with Gasteiger partial charge in [0.25, 0.3) is 0 Å². The zero-order valence-corrected chi connectivity index (χ0v) is 27.9. The summed E-state index contributed by atoms with van der Waals surface area (Å²) in [6.45, 7) is 0. The van der Waals surface area contributed by atoms with Crippen molar-refractivity contribution >= 4 is 82.9 Å². The highest BCUT2D eigenvalue weighted by atomic mass is 16.3. The summed E-state index contributed by atoms with van der Waals surface area (Å²) in [5, 5.41) is 6.49. The molecule has 11 rings (SSSR count). The molecule has 8 aromatic carbocycles. The first-order valence-electron chi connectivity index (χ1n) is 17.5. The number of hydrogen-bond acceptors (Lipinski definition) is 4. The van der Waals surface area contributed by atoms with Crippen molar-refractivity contribution in [3.05, 3.63) is 176 Å². The van der Waals surface area contributed by atoms with E-state index in [0.29, 0.717) is 0 Å². The molecule has 0 saturated heterocycles. The molecule has 0 amide bonds. The normalized spacial score (nSPS) is 11.8. The van der Waals surface area contributed by atoms with E-state index in [0.717, 1.165) is 105 Å². The Morgan fingerprint density at radius 3 is 1.60 bits per heavy atom. The monoisotopic (exact) mass is 667 g/mol. The van der Waals surface area contributed by atoms with Gasteiger partial charge in [-0.2, -0.15) is 0 Å². The topological polar surface area (TPSA) is 42.7 Å². The number of benzene rings is 8. The average molecular weight is 668 g/mol. The molecule has 3 heterocycles. The largest absolute Gasteiger partial charge is 0.456 e. The van der Waals surface area contributed by atoms with Gasteiger partial charge in [0.05, 0.1) is 16.8 Å². The van der Waals surface area contributed by atoms with Crippen LogP contribution in [0.5, 0.6) is 0 Å². The molecule has 0 bridgehead atoms. The second-order valence-electron chi connectivity index (χ2n) is 13.2. The number of rotatable bonds is 5. The van der Waals surface area contributed by atoms with Crippen molar-refractivity contribution in [1.29, 1.82) is 0 Å². The van der Waals surface area contributed by atoms with Crippen LogP contribution in [0, 0.1) is 0 Å². The van der Waals surface area contributed by atoms with Crippen LogP contribution in [0.1, 0.15) is 0 Å². The van der Waals surface area contributed by atoms with Crippen molar-refractivity contribution < 1.29 is 13.3 Å². The molecule has 0 spiro atoms. The zero-order valence-electron chi connectivity index (χ0n) is 27.9. The Morgan fingerprint density at radius 2 is 0.827 bits per heavy atom. The summed E-state index contributed by atoms with van der Waals surface area (Å²) in [5.74, 6) is 0. The van der Waals surface area contributed by atoms with Gasteiger partial charge < -0.3 is 18.2 Å². The SMILES string of the molecule is c1ccc(-c2cccc3c2oc2c(N(c4ccc(-c5cccc6c5oc5ccccc56)cc4)c4cccc5oc6ccccc6c45)cccc23)cc1. The van der Waals surface area contributed by atoms with E-state index in [1.165, 1.54) is 0 Å². The lowest BCUT2D eigenvalue weighted by molar-refractivity contribution is 0.668. The van der Waals surface area contributed by atoms with Crippen LogP contribution in [-0.2, 0) is 0 Å². The number of para-hydroxylation sites is 5. The Balaban J connectivity index is 1.15. The Hall–Kier alpha value is -7.04. The van der Waals surface area contributed by atoms with Gasteiger partial charge in [0.1, 0.15) is 27.9 Å². The van der Waals surface area contributed by atoms with E-state index in [4.69, 9.17) is 13.3 Å². The molecule has 0 fully saturated rings. The van der Waals surface area contributed by atoms with Gasteiger partial charge in [-0.1, -0.05) is 133 Å². The maximum Gasteiger partial charge on any atom is 0.159 e. The van der Waals surface area contributed by atoms with E-state index < -0.39 is 0 Å². The number of anilines is 3. The van der Waals surface area contributed by atoms with Gasteiger partial charge in [0.15, 0.2) is 5.58 Å². The Kier molecular flexibility index (Phi) is 6.22. The molecule has 4 heteroatoms. The lowest BCUT2D eigenvalue weighted by atomic mass is 10.0. The number of fused-ring (bicyclic) bond motifs is 9. The Labute approximate surface area is 298 Å². The van der Waals surface area contributed by atoms with Crippen LogP contribution >= 0.6 is 0 Å². The van der Waals surface area contributed by atoms with Crippen LogP contribution in [0.3, 0.4) is 0 Å². The van der Waals surface area contributed by atoms with Crippen LogP contribution in [0.25, 0.3) is 88.1 Å². The third-order valence-corrected chi connectivity index (χ3v) is 10.3. The average Bonchev–Trinajstić information content (AvgIpc) is 3.91. The molecule has 0 radical (unpaired) electrons. The summed E-state index contributed by atoms with van der Waals surface area (Å²) in [5.41, 5.74) is 12.4. The third-order valence-electron chi connectivity index (χ3n) is 10.3. The molecule has 244 valence electrons. The van der Waals surface area contributed by atoms with Crippen molar-refractivity contribution in [2.24, 2.45) is 0 Å². The molecular weight excluding hydrogens is 639 g/mol. The highest BCUT2D eigenvalue weighted by molar-refractivity contribution is 6.17. The van der Waals surface area contributed by atoms with Gasteiger partial charge in [-0.15, -0.1) is 0 Å². The standard InChI is InChI=1S/C48H29NO3/c1-2-12-30(13-3-1)33-16-9-19-37-38-20-10-22-41(48(38)52-47(33)37)49(40-21-11-25-44-45(40)39-15-5-7-24-43(39)50-44)32-28-26-31(27-29-32)34-17-8-18-36-35-14-4-6-23-42(35)51-46(34)36/h1-29H. The van der Waals surface area contributed by atoms with Gasteiger partial charge >= 0.3 is 0 Å². The molecule has 0 N–H and O–H groups in total. The summed E-state index contributed by atoms with van der Waals surface area (Å²) in [4.78, 5) is 2.31. The van der Waals surface area contributed by atoms with Gasteiger partial charge in [-0.05, 0) is 53.6 Å². The van der Waals surface area contributed by atoms with Crippen molar-refractivity contribution in [2.45, 2.75) is 0 Å². The maximum absolute atomic E-state index is 6.97. The molecular formula is C48H29NO3. The minimum atomic E-state index is 0.821. The fourth-order valence-electron chi connectivity index (χ4n) is 7.94. The van der Waals surface area contributed by atoms with Crippen molar-refractivity contribution in [1.82, 2.24) is 0 Å². The fraction of sp³-hybridized carbons (Fsp3) is 0. The molecule has 0 unspecified atom stereocenters. The summed E-state index contributed by atoms with van der Waals surface area (Å²) >= 11 is 0. The smallest absolute Gasteiger partial charge is 0.159 e. The summed E-state index contributed by atoms with van der Waals surface area (Å²) < 4.78 is 19.8. The number of nitrogens with zero attached hydrogens (tertiary/aromatic N) is 1. The molecule has 0 aliphatic rings. The second-order valence-corrected chi connectivity index (χ2v) is 13.2. The highest BCUT2D eigenvalue weighted by Gasteiger charge is 2.24. The highest BCUT2D eigenvalue weighted by Crippen LogP contribution is 2.47. The van der Waals surface area contributed by atoms with E-state index in [1.807, 2.05) is 36.4 Å². The van der Waals surface area contributed by atoms with Crippen molar-refractivity contribution in [3.8, 4) is 22.3 Å². The molecule has 3 aromatic heterocycles. The van der Waals surface area contributed by atoms with Crippen LogP contribution in [0.15, 0.2) is 189 Å².